The molecule has 2 rings (SSSR count). The van der Waals surface area contributed by atoms with Crippen molar-refractivity contribution in [2.75, 3.05) is 13.7 Å². The standard InChI is InChI=1S/C15H18BrN3O/c1-3-6-19-15(13-10-17-7-8-18-13)12-5-4-11(16)9-14(12)20-2/h4-5,7-10,15,19H,3,6H2,1-2H3. The second-order valence-corrected chi connectivity index (χ2v) is 5.32. The second kappa shape index (κ2) is 7.36. The predicted molar refractivity (Wildman–Crippen MR) is 82.9 cm³/mol. The summed E-state index contributed by atoms with van der Waals surface area (Å²) in [5.41, 5.74) is 1.95. The molecule has 5 heteroatoms. The van der Waals surface area contributed by atoms with E-state index in [1.165, 1.54) is 0 Å². The van der Waals surface area contributed by atoms with E-state index in [4.69, 9.17) is 4.74 Å². The van der Waals surface area contributed by atoms with Crippen LogP contribution in [0, 0.1) is 0 Å². The van der Waals surface area contributed by atoms with E-state index < -0.39 is 0 Å². The zero-order chi connectivity index (χ0) is 14.4. The molecule has 0 radical (unpaired) electrons. The molecule has 0 saturated heterocycles. The van der Waals surface area contributed by atoms with Gasteiger partial charge in [-0.3, -0.25) is 9.97 Å². The molecule has 0 aliphatic heterocycles. The summed E-state index contributed by atoms with van der Waals surface area (Å²) in [7, 11) is 1.68. The lowest BCUT2D eigenvalue weighted by atomic mass is 10.0. The van der Waals surface area contributed by atoms with Crippen LogP contribution in [0.15, 0.2) is 41.3 Å². The molecule has 1 atom stereocenters. The van der Waals surface area contributed by atoms with E-state index in [1.54, 1.807) is 25.7 Å². The van der Waals surface area contributed by atoms with E-state index in [1.807, 2.05) is 18.2 Å². The van der Waals surface area contributed by atoms with E-state index in [-0.39, 0.29) is 6.04 Å². The molecule has 1 aromatic heterocycles. The molecule has 0 spiro atoms. The first kappa shape index (κ1) is 14.9. The summed E-state index contributed by atoms with van der Waals surface area (Å²) in [6.07, 6.45) is 6.23. The summed E-state index contributed by atoms with van der Waals surface area (Å²) in [4.78, 5) is 8.57. The van der Waals surface area contributed by atoms with Crippen LogP contribution in [0.4, 0.5) is 0 Å². The van der Waals surface area contributed by atoms with Crippen LogP contribution in [0.5, 0.6) is 5.75 Å². The molecule has 0 fully saturated rings. The zero-order valence-corrected chi connectivity index (χ0v) is 13.2. The molecule has 1 aromatic carbocycles. The Morgan fingerprint density at radius 2 is 2.20 bits per heavy atom. The molecule has 0 saturated carbocycles. The molecule has 0 amide bonds. The van der Waals surface area contributed by atoms with Gasteiger partial charge in [0.25, 0.3) is 0 Å². The lowest BCUT2D eigenvalue weighted by molar-refractivity contribution is 0.403. The third-order valence-electron chi connectivity index (χ3n) is 2.98. The van der Waals surface area contributed by atoms with Gasteiger partial charge >= 0.3 is 0 Å². The lowest BCUT2D eigenvalue weighted by Crippen LogP contribution is -2.24. The largest absolute Gasteiger partial charge is 0.496 e. The number of aromatic nitrogens is 2. The fourth-order valence-electron chi connectivity index (χ4n) is 2.05. The highest BCUT2D eigenvalue weighted by molar-refractivity contribution is 9.10. The van der Waals surface area contributed by atoms with Gasteiger partial charge in [0.15, 0.2) is 0 Å². The van der Waals surface area contributed by atoms with Gasteiger partial charge < -0.3 is 10.1 Å². The van der Waals surface area contributed by atoms with Gasteiger partial charge in [0, 0.05) is 22.4 Å². The molecule has 1 unspecified atom stereocenters. The van der Waals surface area contributed by atoms with Gasteiger partial charge in [-0.15, -0.1) is 0 Å². The third-order valence-corrected chi connectivity index (χ3v) is 3.48. The molecule has 106 valence electrons. The highest BCUT2D eigenvalue weighted by Gasteiger charge is 2.19. The topological polar surface area (TPSA) is 47.0 Å². The fraction of sp³-hybridized carbons (Fsp3) is 0.333. The van der Waals surface area contributed by atoms with Gasteiger partial charge in [0.2, 0.25) is 0 Å². The molecular formula is C15H18BrN3O. The Kier molecular flexibility index (Phi) is 5.49. The number of nitrogens with zero attached hydrogens (tertiary/aromatic N) is 2. The summed E-state index contributed by atoms with van der Waals surface area (Å²) < 4.78 is 6.48. The van der Waals surface area contributed by atoms with Crippen LogP contribution >= 0.6 is 15.9 Å². The number of hydrogen-bond acceptors (Lipinski definition) is 4. The summed E-state index contributed by atoms with van der Waals surface area (Å²) in [6.45, 7) is 3.04. The number of halogens is 1. The van der Waals surface area contributed by atoms with Gasteiger partial charge in [-0.1, -0.05) is 28.9 Å². The molecule has 2 aromatic rings. The average Bonchev–Trinajstić information content (AvgIpc) is 2.49. The third kappa shape index (κ3) is 3.55. The zero-order valence-electron chi connectivity index (χ0n) is 11.6. The van der Waals surface area contributed by atoms with Crippen molar-refractivity contribution >= 4 is 15.9 Å². The number of ether oxygens (including phenoxy) is 1. The average molecular weight is 336 g/mol. The summed E-state index contributed by atoms with van der Waals surface area (Å²) >= 11 is 3.47. The van der Waals surface area contributed by atoms with Crippen LogP contribution in [-0.2, 0) is 0 Å². The van der Waals surface area contributed by atoms with Crippen molar-refractivity contribution in [3.05, 3.63) is 52.5 Å². The van der Waals surface area contributed by atoms with Crippen molar-refractivity contribution in [2.24, 2.45) is 0 Å². The van der Waals surface area contributed by atoms with Crippen molar-refractivity contribution in [1.29, 1.82) is 0 Å². The highest BCUT2D eigenvalue weighted by atomic mass is 79.9. The quantitative estimate of drug-likeness (QED) is 0.879. The normalized spacial score (nSPS) is 12.2. The molecular weight excluding hydrogens is 318 g/mol. The first-order chi connectivity index (χ1) is 9.76. The predicted octanol–water partition coefficient (Wildman–Crippen LogP) is 3.34. The van der Waals surface area contributed by atoms with Gasteiger partial charge in [0.05, 0.1) is 25.0 Å². The van der Waals surface area contributed by atoms with Crippen LogP contribution in [-0.4, -0.2) is 23.6 Å². The maximum absolute atomic E-state index is 5.49. The van der Waals surface area contributed by atoms with E-state index in [0.29, 0.717) is 0 Å². The van der Waals surface area contributed by atoms with Gasteiger partial charge in [0.1, 0.15) is 5.75 Å². The first-order valence-corrected chi connectivity index (χ1v) is 7.38. The van der Waals surface area contributed by atoms with E-state index in [0.717, 1.165) is 34.4 Å². The number of methoxy groups -OCH3 is 1. The van der Waals surface area contributed by atoms with Crippen LogP contribution < -0.4 is 10.1 Å². The Morgan fingerprint density at radius 3 is 2.85 bits per heavy atom. The Bertz CT molecular complexity index is 548. The summed E-state index contributed by atoms with van der Waals surface area (Å²) in [5.74, 6) is 0.832. The van der Waals surface area contributed by atoms with Crippen molar-refractivity contribution < 1.29 is 4.74 Å². The lowest BCUT2D eigenvalue weighted by Gasteiger charge is -2.20. The molecule has 0 aliphatic carbocycles. The van der Waals surface area contributed by atoms with Crippen LogP contribution in [0.2, 0.25) is 0 Å². The van der Waals surface area contributed by atoms with E-state index in [2.05, 4.69) is 38.1 Å². The summed E-state index contributed by atoms with van der Waals surface area (Å²) in [5, 5.41) is 3.50. The Labute approximate surface area is 127 Å². The maximum atomic E-state index is 5.49. The maximum Gasteiger partial charge on any atom is 0.125 e. The Morgan fingerprint density at radius 1 is 1.35 bits per heavy atom. The minimum Gasteiger partial charge on any atom is -0.496 e. The molecule has 0 aliphatic rings. The van der Waals surface area contributed by atoms with Gasteiger partial charge in [-0.05, 0) is 25.1 Å². The van der Waals surface area contributed by atoms with E-state index in [9.17, 15) is 0 Å². The Hall–Kier alpha value is -1.46. The Balaban J connectivity index is 2.41. The summed E-state index contributed by atoms with van der Waals surface area (Å²) in [6, 6.07) is 6.00. The number of nitrogens with one attached hydrogen (secondary N) is 1. The number of hydrogen-bond donors (Lipinski definition) is 1. The van der Waals surface area contributed by atoms with Crippen molar-refractivity contribution in [1.82, 2.24) is 15.3 Å². The molecule has 1 N–H and O–H groups in total. The molecule has 1 heterocycles. The fourth-order valence-corrected chi connectivity index (χ4v) is 2.39. The highest BCUT2D eigenvalue weighted by Crippen LogP contribution is 2.31. The van der Waals surface area contributed by atoms with Crippen LogP contribution in [0.25, 0.3) is 0 Å². The monoisotopic (exact) mass is 335 g/mol. The minimum absolute atomic E-state index is 0.0216. The molecule has 20 heavy (non-hydrogen) atoms. The van der Waals surface area contributed by atoms with Crippen LogP contribution in [0.1, 0.15) is 30.6 Å². The van der Waals surface area contributed by atoms with Gasteiger partial charge in [-0.25, -0.2) is 0 Å². The molecule has 4 nitrogen and oxygen atoms in total. The molecule has 0 bridgehead atoms. The number of benzene rings is 1. The van der Waals surface area contributed by atoms with Crippen molar-refractivity contribution in [2.45, 2.75) is 19.4 Å². The first-order valence-electron chi connectivity index (χ1n) is 6.59. The SMILES string of the molecule is CCCNC(c1cnccn1)c1ccc(Br)cc1OC. The second-order valence-electron chi connectivity index (χ2n) is 4.40. The smallest absolute Gasteiger partial charge is 0.125 e. The number of rotatable bonds is 6. The van der Waals surface area contributed by atoms with Crippen molar-refractivity contribution in [3.8, 4) is 5.75 Å². The van der Waals surface area contributed by atoms with Crippen LogP contribution in [0.3, 0.4) is 0 Å². The van der Waals surface area contributed by atoms with Crippen molar-refractivity contribution in [3.63, 3.8) is 0 Å². The van der Waals surface area contributed by atoms with Gasteiger partial charge in [-0.2, -0.15) is 0 Å². The van der Waals surface area contributed by atoms with E-state index >= 15 is 0 Å². The minimum atomic E-state index is -0.0216.